The van der Waals surface area contributed by atoms with Gasteiger partial charge in [0.25, 0.3) is 0 Å². The molecule has 1 atom stereocenters. The maximum Gasteiger partial charge on any atom is 0.214 e. The van der Waals surface area contributed by atoms with Crippen LogP contribution in [0.1, 0.15) is 26.7 Å². The van der Waals surface area contributed by atoms with E-state index in [0.29, 0.717) is 13.1 Å². The minimum atomic E-state index is -3.03. The summed E-state index contributed by atoms with van der Waals surface area (Å²) in [5, 5.41) is 0. The lowest BCUT2D eigenvalue weighted by atomic mass is 10.0. The molecule has 0 radical (unpaired) electrons. The first-order chi connectivity index (χ1) is 6.49. The van der Waals surface area contributed by atoms with Gasteiger partial charge in [0.1, 0.15) is 0 Å². The van der Waals surface area contributed by atoms with Crippen molar-refractivity contribution in [2.45, 2.75) is 32.7 Å². The highest BCUT2D eigenvalue weighted by atomic mass is 32.2. The molecule has 0 aromatic heterocycles. The van der Waals surface area contributed by atoms with Crippen molar-refractivity contribution >= 4 is 10.0 Å². The Bertz CT molecular complexity index is 275. The van der Waals surface area contributed by atoms with E-state index in [1.54, 1.807) is 4.31 Å². The maximum atomic E-state index is 11.8. The third-order valence-electron chi connectivity index (χ3n) is 2.77. The quantitative estimate of drug-likeness (QED) is 0.748. The monoisotopic (exact) mass is 220 g/mol. The van der Waals surface area contributed by atoms with Crippen molar-refractivity contribution in [3.63, 3.8) is 0 Å². The van der Waals surface area contributed by atoms with Crippen LogP contribution in [0.4, 0.5) is 0 Å². The minimum Gasteiger partial charge on any atom is -0.329 e. The first-order valence-corrected chi connectivity index (χ1v) is 6.79. The van der Waals surface area contributed by atoms with E-state index in [-0.39, 0.29) is 17.7 Å². The molecule has 1 unspecified atom stereocenters. The lowest BCUT2D eigenvalue weighted by Gasteiger charge is -2.35. The van der Waals surface area contributed by atoms with Crippen molar-refractivity contribution in [1.82, 2.24) is 4.31 Å². The Kier molecular flexibility index (Phi) is 3.92. The summed E-state index contributed by atoms with van der Waals surface area (Å²) in [6.07, 6.45) is 1.75. The van der Waals surface area contributed by atoms with Gasteiger partial charge in [-0.15, -0.1) is 0 Å². The third kappa shape index (κ3) is 2.46. The van der Waals surface area contributed by atoms with Gasteiger partial charge in [-0.1, -0.05) is 13.8 Å². The number of nitrogens with two attached hydrogens (primary N) is 1. The molecule has 1 rings (SSSR count). The summed E-state index contributed by atoms with van der Waals surface area (Å²) in [5.41, 5.74) is 5.62. The van der Waals surface area contributed by atoms with Crippen molar-refractivity contribution in [3.8, 4) is 0 Å². The zero-order valence-corrected chi connectivity index (χ0v) is 9.76. The van der Waals surface area contributed by atoms with Crippen LogP contribution in [0.2, 0.25) is 0 Å². The van der Waals surface area contributed by atoms with Crippen molar-refractivity contribution in [3.05, 3.63) is 0 Å². The molecule has 0 bridgehead atoms. The zero-order valence-electron chi connectivity index (χ0n) is 8.94. The molecule has 0 spiro atoms. The van der Waals surface area contributed by atoms with E-state index in [1.807, 2.05) is 13.8 Å². The van der Waals surface area contributed by atoms with Gasteiger partial charge in [0.05, 0.1) is 5.75 Å². The number of sulfonamides is 1. The molecular formula is C9H20N2O2S. The van der Waals surface area contributed by atoms with E-state index in [9.17, 15) is 8.42 Å². The van der Waals surface area contributed by atoms with Crippen molar-refractivity contribution < 1.29 is 8.42 Å². The van der Waals surface area contributed by atoms with E-state index >= 15 is 0 Å². The molecule has 84 valence electrons. The molecule has 0 aromatic carbocycles. The highest BCUT2D eigenvalue weighted by molar-refractivity contribution is 7.89. The van der Waals surface area contributed by atoms with E-state index in [4.69, 9.17) is 5.73 Å². The Hall–Kier alpha value is -0.130. The number of hydrogen-bond acceptors (Lipinski definition) is 3. The lowest BCUT2D eigenvalue weighted by molar-refractivity contribution is 0.251. The predicted molar refractivity (Wildman–Crippen MR) is 57.4 cm³/mol. The molecular weight excluding hydrogens is 200 g/mol. The lowest BCUT2D eigenvalue weighted by Crippen LogP contribution is -2.50. The molecule has 0 amide bonds. The second-order valence-electron chi connectivity index (χ2n) is 4.18. The summed E-state index contributed by atoms with van der Waals surface area (Å²) in [7, 11) is -3.03. The molecule has 1 saturated heterocycles. The van der Waals surface area contributed by atoms with Crippen molar-refractivity contribution in [2.75, 3.05) is 18.8 Å². The molecule has 5 heteroatoms. The molecule has 0 aliphatic carbocycles. The average Bonchev–Trinajstić information content (AvgIpc) is 2.08. The Morgan fingerprint density at radius 3 is 2.43 bits per heavy atom. The molecule has 0 saturated carbocycles. The van der Waals surface area contributed by atoms with Crippen LogP contribution in [0.3, 0.4) is 0 Å². The standard InChI is InChI=1S/C9H20N2O2S/c1-8(2)9(7-10)11-5-3-4-6-14(11,12)13/h8-9H,3-7,10H2,1-2H3. The van der Waals surface area contributed by atoms with E-state index < -0.39 is 10.0 Å². The van der Waals surface area contributed by atoms with Crippen LogP contribution in [0.5, 0.6) is 0 Å². The molecule has 1 aliphatic rings. The first kappa shape index (κ1) is 11.9. The highest BCUT2D eigenvalue weighted by Crippen LogP contribution is 2.20. The van der Waals surface area contributed by atoms with Gasteiger partial charge >= 0.3 is 0 Å². The van der Waals surface area contributed by atoms with Crippen LogP contribution in [0.25, 0.3) is 0 Å². The van der Waals surface area contributed by atoms with Gasteiger partial charge in [-0.2, -0.15) is 4.31 Å². The Morgan fingerprint density at radius 2 is 2.00 bits per heavy atom. The number of rotatable bonds is 3. The molecule has 1 heterocycles. The summed E-state index contributed by atoms with van der Waals surface area (Å²) in [4.78, 5) is 0. The molecule has 1 aliphatic heterocycles. The minimum absolute atomic E-state index is 0.0275. The van der Waals surface area contributed by atoms with Crippen LogP contribution in [-0.4, -0.2) is 37.6 Å². The van der Waals surface area contributed by atoms with Gasteiger partial charge in [-0.3, -0.25) is 0 Å². The maximum absolute atomic E-state index is 11.8. The smallest absolute Gasteiger partial charge is 0.214 e. The van der Waals surface area contributed by atoms with Crippen LogP contribution < -0.4 is 5.73 Å². The van der Waals surface area contributed by atoms with Crippen LogP contribution in [0, 0.1) is 5.92 Å². The molecule has 1 fully saturated rings. The molecule has 2 N–H and O–H groups in total. The summed E-state index contributed by atoms with van der Waals surface area (Å²) < 4.78 is 25.1. The summed E-state index contributed by atoms with van der Waals surface area (Å²) in [6.45, 7) is 5.09. The first-order valence-electron chi connectivity index (χ1n) is 5.18. The van der Waals surface area contributed by atoms with Gasteiger partial charge in [0.2, 0.25) is 10.0 Å². The Morgan fingerprint density at radius 1 is 1.36 bits per heavy atom. The average molecular weight is 220 g/mol. The fourth-order valence-corrected chi connectivity index (χ4v) is 3.86. The number of nitrogens with zero attached hydrogens (tertiary/aromatic N) is 1. The summed E-state index contributed by atoms with van der Waals surface area (Å²) in [6, 6.07) is -0.0275. The van der Waals surface area contributed by atoms with Crippen LogP contribution >= 0.6 is 0 Å². The summed E-state index contributed by atoms with van der Waals surface area (Å²) >= 11 is 0. The third-order valence-corrected chi connectivity index (χ3v) is 4.74. The predicted octanol–water partition coefficient (Wildman–Crippen LogP) is 0.395. The highest BCUT2D eigenvalue weighted by Gasteiger charge is 2.32. The van der Waals surface area contributed by atoms with Crippen molar-refractivity contribution in [1.29, 1.82) is 0 Å². The summed E-state index contributed by atoms with van der Waals surface area (Å²) in [5.74, 6) is 0.573. The van der Waals surface area contributed by atoms with Crippen LogP contribution in [-0.2, 0) is 10.0 Å². The van der Waals surface area contributed by atoms with Gasteiger partial charge in [-0.05, 0) is 18.8 Å². The number of hydrogen-bond donors (Lipinski definition) is 1. The zero-order chi connectivity index (χ0) is 10.8. The fraction of sp³-hybridized carbons (Fsp3) is 1.00. The van der Waals surface area contributed by atoms with Gasteiger partial charge in [0, 0.05) is 19.1 Å². The SMILES string of the molecule is CC(C)C(CN)N1CCCCS1(=O)=O. The van der Waals surface area contributed by atoms with Gasteiger partial charge < -0.3 is 5.73 Å². The molecule has 4 nitrogen and oxygen atoms in total. The Balaban J connectivity index is 2.82. The van der Waals surface area contributed by atoms with Crippen molar-refractivity contribution in [2.24, 2.45) is 11.7 Å². The fourth-order valence-electron chi connectivity index (χ4n) is 1.90. The van der Waals surface area contributed by atoms with E-state index in [1.165, 1.54) is 0 Å². The van der Waals surface area contributed by atoms with E-state index in [0.717, 1.165) is 12.8 Å². The van der Waals surface area contributed by atoms with Gasteiger partial charge in [0.15, 0.2) is 0 Å². The largest absolute Gasteiger partial charge is 0.329 e. The normalized spacial score (nSPS) is 25.1. The van der Waals surface area contributed by atoms with Gasteiger partial charge in [-0.25, -0.2) is 8.42 Å². The Labute approximate surface area is 86.5 Å². The molecule has 0 aromatic rings. The second kappa shape index (κ2) is 4.59. The molecule has 14 heavy (non-hydrogen) atoms. The van der Waals surface area contributed by atoms with E-state index in [2.05, 4.69) is 0 Å². The van der Waals surface area contributed by atoms with Crippen LogP contribution in [0.15, 0.2) is 0 Å². The topological polar surface area (TPSA) is 63.4 Å². The second-order valence-corrected chi connectivity index (χ2v) is 6.22.